The van der Waals surface area contributed by atoms with Crippen LogP contribution < -0.4 is 5.32 Å². The van der Waals surface area contributed by atoms with Gasteiger partial charge in [0.25, 0.3) is 5.69 Å². The summed E-state index contributed by atoms with van der Waals surface area (Å²) in [5, 5.41) is 13.6. The van der Waals surface area contributed by atoms with Crippen molar-refractivity contribution in [2.24, 2.45) is 0 Å². The lowest BCUT2D eigenvalue weighted by Gasteiger charge is -2.20. The van der Waals surface area contributed by atoms with Crippen LogP contribution in [0.3, 0.4) is 0 Å². The predicted octanol–water partition coefficient (Wildman–Crippen LogP) is 1.90. The van der Waals surface area contributed by atoms with E-state index in [0.29, 0.717) is 13.0 Å². The number of para-hydroxylation sites is 1. The Morgan fingerprint density at radius 1 is 1.35 bits per heavy atom. The van der Waals surface area contributed by atoms with Gasteiger partial charge in [-0.1, -0.05) is 25.5 Å². The summed E-state index contributed by atoms with van der Waals surface area (Å²) in [5.74, 6) is 0. The summed E-state index contributed by atoms with van der Waals surface area (Å²) in [6, 6.07) is 5.45. The molecule has 0 aliphatic heterocycles. The maximum atomic E-state index is 12.7. The quantitative estimate of drug-likeness (QED) is 0.662. The van der Waals surface area contributed by atoms with Crippen molar-refractivity contribution in [3.63, 3.8) is 0 Å². The van der Waals surface area contributed by atoms with Gasteiger partial charge in [-0.25, -0.2) is 8.42 Å². The molecule has 0 heterocycles. The molecule has 0 radical (unpaired) electrons. The second kappa shape index (κ2) is 5.88. The number of nitrogens with zero attached hydrogens (tertiary/aromatic N) is 1. The Morgan fingerprint density at radius 3 is 2.70 bits per heavy atom. The van der Waals surface area contributed by atoms with Crippen LogP contribution in [0.5, 0.6) is 0 Å². The third kappa shape index (κ3) is 2.69. The van der Waals surface area contributed by atoms with Gasteiger partial charge in [-0.2, -0.15) is 0 Å². The Labute approximate surface area is 118 Å². The van der Waals surface area contributed by atoms with Gasteiger partial charge in [-0.15, -0.1) is 0 Å². The van der Waals surface area contributed by atoms with Crippen molar-refractivity contribution < 1.29 is 13.3 Å². The molecule has 1 aliphatic rings. The molecule has 7 heteroatoms. The van der Waals surface area contributed by atoms with Gasteiger partial charge in [0.15, 0.2) is 9.84 Å². The monoisotopic (exact) mass is 298 g/mol. The van der Waals surface area contributed by atoms with Crippen molar-refractivity contribution >= 4 is 15.5 Å². The van der Waals surface area contributed by atoms with E-state index in [1.54, 1.807) is 0 Å². The molecule has 1 saturated carbocycles. The molecule has 0 aromatic heterocycles. The molecule has 110 valence electrons. The maximum Gasteiger partial charge on any atom is 0.287 e. The molecule has 1 aromatic rings. The van der Waals surface area contributed by atoms with Crippen molar-refractivity contribution in [1.82, 2.24) is 5.32 Å². The molecule has 2 unspecified atom stereocenters. The average molecular weight is 298 g/mol. The van der Waals surface area contributed by atoms with E-state index in [1.807, 2.05) is 6.92 Å². The van der Waals surface area contributed by atoms with Crippen LogP contribution in [-0.2, 0) is 9.84 Å². The second-order valence-electron chi connectivity index (χ2n) is 4.90. The molecule has 0 saturated heterocycles. The number of nitrogens with one attached hydrogen (secondary N) is 1. The molecule has 1 N–H and O–H groups in total. The van der Waals surface area contributed by atoms with Crippen LogP contribution >= 0.6 is 0 Å². The van der Waals surface area contributed by atoms with Gasteiger partial charge in [-0.3, -0.25) is 10.1 Å². The van der Waals surface area contributed by atoms with E-state index in [4.69, 9.17) is 0 Å². The van der Waals surface area contributed by atoms with Crippen molar-refractivity contribution in [3.8, 4) is 0 Å². The van der Waals surface area contributed by atoms with Gasteiger partial charge in [0.1, 0.15) is 4.90 Å². The molecular formula is C13H18N2O4S. The Morgan fingerprint density at radius 2 is 2.05 bits per heavy atom. The molecule has 1 aliphatic carbocycles. The second-order valence-corrected chi connectivity index (χ2v) is 7.04. The number of nitro benzene ring substituents is 1. The summed E-state index contributed by atoms with van der Waals surface area (Å²) < 4.78 is 25.4. The summed E-state index contributed by atoms with van der Waals surface area (Å²) >= 11 is 0. The Balaban J connectivity index is 2.43. The van der Waals surface area contributed by atoms with Crippen LogP contribution in [0.2, 0.25) is 0 Å². The number of hydrogen-bond donors (Lipinski definition) is 1. The van der Waals surface area contributed by atoms with Crippen LogP contribution in [-0.4, -0.2) is 31.2 Å². The lowest BCUT2D eigenvalue weighted by Crippen LogP contribution is -2.40. The Kier molecular flexibility index (Phi) is 4.39. The largest absolute Gasteiger partial charge is 0.313 e. The summed E-state index contributed by atoms with van der Waals surface area (Å²) in [4.78, 5) is 10.2. The third-order valence-electron chi connectivity index (χ3n) is 3.69. The van der Waals surface area contributed by atoms with E-state index in [2.05, 4.69) is 5.32 Å². The first-order valence-corrected chi connectivity index (χ1v) is 8.23. The zero-order valence-corrected chi connectivity index (χ0v) is 12.1. The molecule has 1 aromatic carbocycles. The first-order chi connectivity index (χ1) is 9.48. The molecule has 0 amide bonds. The van der Waals surface area contributed by atoms with E-state index >= 15 is 0 Å². The molecule has 2 rings (SSSR count). The van der Waals surface area contributed by atoms with Crippen LogP contribution in [0.4, 0.5) is 5.69 Å². The van der Waals surface area contributed by atoms with E-state index in [-0.39, 0.29) is 16.6 Å². The molecule has 20 heavy (non-hydrogen) atoms. The third-order valence-corrected chi connectivity index (χ3v) is 6.01. The van der Waals surface area contributed by atoms with E-state index in [9.17, 15) is 18.5 Å². The van der Waals surface area contributed by atoms with Gasteiger partial charge in [0, 0.05) is 12.1 Å². The van der Waals surface area contributed by atoms with E-state index in [0.717, 1.165) is 12.8 Å². The summed E-state index contributed by atoms with van der Waals surface area (Å²) in [6.45, 7) is 2.61. The minimum Gasteiger partial charge on any atom is -0.313 e. The van der Waals surface area contributed by atoms with Crippen LogP contribution in [0.1, 0.15) is 26.2 Å². The van der Waals surface area contributed by atoms with Crippen LogP contribution in [0.25, 0.3) is 0 Å². The Bertz CT molecular complexity index is 600. The maximum absolute atomic E-state index is 12.7. The predicted molar refractivity (Wildman–Crippen MR) is 75.4 cm³/mol. The zero-order valence-electron chi connectivity index (χ0n) is 11.3. The molecule has 6 nitrogen and oxygen atoms in total. The first kappa shape index (κ1) is 14.9. The lowest BCUT2D eigenvalue weighted by atomic mass is 10.2. The highest BCUT2D eigenvalue weighted by molar-refractivity contribution is 7.92. The molecule has 1 fully saturated rings. The number of nitro groups is 1. The molecule has 0 bridgehead atoms. The molecule has 2 atom stereocenters. The number of sulfone groups is 1. The Hall–Kier alpha value is -1.47. The number of hydrogen-bond acceptors (Lipinski definition) is 5. The highest BCUT2D eigenvalue weighted by Crippen LogP contribution is 2.34. The fraction of sp³-hybridized carbons (Fsp3) is 0.538. The fourth-order valence-electron chi connectivity index (χ4n) is 2.80. The fourth-order valence-corrected chi connectivity index (χ4v) is 4.98. The lowest BCUT2D eigenvalue weighted by molar-refractivity contribution is -0.387. The minimum atomic E-state index is -3.69. The highest BCUT2D eigenvalue weighted by Gasteiger charge is 2.40. The van der Waals surface area contributed by atoms with Crippen LogP contribution in [0, 0.1) is 10.1 Å². The van der Waals surface area contributed by atoms with Crippen LogP contribution in [0.15, 0.2) is 29.2 Å². The van der Waals surface area contributed by atoms with Gasteiger partial charge in [0.2, 0.25) is 0 Å². The topological polar surface area (TPSA) is 89.3 Å². The normalized spacial score (nSPS) is 22.9. The van der Waals surface area contributed by atoms with Crippen molar-refractivity contribution in [2.75, 3.05) is 6.54 Å². The smallest absolute Gasteiger partial charge is 0.287 e. The van der Waals surface area contributed by atoms with Gasteiger partial charge in [0.05, 0.1) is 10.2 Å². The average Bonchev–Trinajstić information content (AvgIpc) is 2.88. The summed E-state index contributed by atoms with van der Waals surface area (Å²) in [5.41, 5.74) is -0.338. The van der Waals surface area contributed by atoms with Gasteiger partial charge >= 0.3 is 0 Å². The SMILES string of the molecule is CCNC1CCCC1S(=O)(=O)c1ccccc1[N+](=O)[O-]. The van der Waals surface area contributed by atoms with E-state index in [1.165, 1.54) is 24.3 Å². The van der Waals surface area contributed by atoms with Crippen molar-refractivity contribution in [2.45, 2.75) is 42.4 Å². The van der Waals surface area contributed by atoms with Crippen molar-refractivity contribution in [3.05, 3.63) is 34.4 Å². The number of benzene rings is 1. The van der Waals surface area contributed by atoms with Gasteiger partial charge in [-0.05, 0) is 25.5 Å². The summed E-state index contributed by atoms with van der Waals surface area (Å²) in [7, 11) is -3.69. The minimum absolute atomic E-state index is 0.121. The molecule has 0 spiro atoms. The highest BCUT2D eigenvalue weighted by atomic mass is 32.2. The molecular weight excluding hydrogens is 280 g/mol. The summed E-state index contributed by atoms with van der Waals surface area (Å²) in [6.07, 6.45) is 2.16. The van der Waals surface area contributed by atoms with Gasteiger partial charge < -0.3 is 5.32 Å². The zero-order chi connectivity index (χ0) is 14.8. The first-order valence-electron chi connectivity index (χ1n) is 6.69. The standard InChI is InChI=1S/C13H18N2O4S/c1-2-14-10-6-5-9-12(10)20(18,19)13-8-4-3-7-11(13)15(16)17/h3-4,7-8,10,12,14H,2,5-6,9H2,1H3. The number of rotatable bonds is 5. The van der Waals surface area contributed by atoms with Crippen molar-refractivity contribution in [1.29, 1.82) is 0 Å². The van der Waals surface area contributed by atoms with E-state index < -0.39 is 20.0 Å².